The molecule has 0 N–H and O–H groups in total. The molecule has 4 aromatic rings. The van der Waals surface area contributed by atoms with Crippen molar-refractivity contribution in [3.8, 4) is 11.1 Å². The number of nitrogens with zero attached hydrogens (tertiary/aromatic N) is 5. The van der Waals surface area contributed by atoms with Gasteiger partial charge in [0.05, 0.1) is 18.9 Å². The highest BCUT2D eigenvalue weighted by molar-refractivity contribution is 6.00. The molecular formula is C24H20FN5O2. The number of rotatable bonds is 3. The first-order valence-electron chi connectivity index (χ1n) is 10.6. The van der Waals surface area contributed by atoms with Crippen molar-refractivity contribution in [2.24, 2.45) is 0 Å². The summed E-state index contributed by atoms with van der Waals surface area (Å²) >= 11 is 0. The number of imidazole rings is 1. The molecule has 3 aromatic heterocycles. The van der Waals surface area contributed by atoms with Crippen LogP contribution in [0.3, 0.4) is 0 Å². The van der Waals surface area contributed by atoms with Gasteiger partial charge in [-0.05, 0) is 5.56 Å². The molecule has 32 heavy (non-hydrogen) atoms. The van der Waals surface area contributed by atoms with E-state index in [0.717, 1.165) is 24.3 Å². The van der Waals surface area contributed by atoms with Gasteiger partial charge in [0.25, 0.3) is 0 Å². The maximum absolute atomic E-state index is 15.0. The number of fused-ring (bicyclic) bond motifs is 3. The van der Waals surface area contributed by atoms with Crippen LogP contribution < -0.4 is 4.90 Å². The van der Waals surface area contributed by atoms with Gasteiger partial charge >= 0.3 is 0 Å². The number of carbonyl (C=O) groups excluding carboxylic acids is 1. The Morgan fingerprint density at radius 1 is 1.06 bits per heavy atom. The molecule has 1 unspecified atom stereocenters. The number of carbonyl (C=O) groups is 1. The van der Waals surface area contributed by atoms with E-state index in [4.69, 9.17) is 4.74 Å². The van der Waals surface area contributed by atoms with Crippen LogP contribution in [0.25, 0.3) is 16.8 Å². The molecule has 160 valence electrons. The van der Waals surface area contributed by atoms with Crippen LogP contribution in [0.4, 0.5) is 10.3 Å². The normalized spacial score (nSPS) is 18.3. The Bertz CT molecular complexity index is 1310. The van der Waals surface area contributed by atoms with E-state index >= 15 is 4.39 Å². The van der Waals surface area contributed by atoms with Crippen molar-refractivity contribution in [3.05, 3.63) is 77.8 Å². The van der Waals surface area contributed by atoms with Crippen molar-refractivity contribution >= 4 is 17.4 Å². The van der Waals surface area contributed by atoms with Crippen LogP contribution in [0.5, 0.6) is 0 Å². The van der Waals surface area contributed by atoms with Gasteiger partial charge in [0, 0.05) is 61.2 Å². The van der Waals surface area contributed by atoms with Crippen molar-refractivity contribution in [2.45, 2.75) is 12.3 Å². The summed E-state index contributed by atoms with van der Waals surface area (Å²) in [7, 11) is 0. The maximum Gasteiger partial charge on any atom is 0.225 e. The van der Waals surface area contributed by atoms with Crippen molar-refractivity contribution in [3.63, 3.8) is 0 Å². The molecule has 1 fully saturated rings. The molecule has 0 amide bonds. The Morgan fingerprint density at radius 2 is 1.81 bits per heavy atom. The molecule has 0 saturated carbocycles. The lowest BCUT2D eigenvalue weighted by Gasteiger charge is -2.26. The van der Waals surface area contributed by atoms with Crippen LogP contribution in [0.1, 0.15) is 34.1 Å². The van der Waals surface area contributed by atoms with Gasteiger partial charge in [-0.3, -0.25) is 4.79 Å². The average Bonchev–Trinajstić information content (AvgIpc) is 3.36. The van der Waals surface area contributed by atoms with E-state index in [1.54, 1.807) is 18.6 Å². The second-order valence-corrected chi connectivity index (χ2v) is 8.07. The Morgan fingerprint density at radius 3 is 2.56 bits per heavy atom. The maximum atomic E-state index is 15.0. The van der Waals surface area contributed by atoms with E-state index in [9.17, 15) is 4.79 Å². The van der Waals surface area contributed by atoms with E-state index < -0.39 is 5.82 Å². The zero-order chi connectivity index (χ0) is 21.7. The van der Waals surface area contributed by atoms with Gasteiger partial charge in [0.2, 0.25) is 5.95 Å². The third kappa shape index (κ3) is 3.06. The largest absolute Gasteiger partial charge is 0.378 e. The molecule has 0 bridgehead atoms. The van der Waals surface area contributed by atoms with Gasteiger partial charge in [-0.25, -0.2) is 19.3 Å². The molecule has 2 aliphatic rings. The summed E-state index contributed by atoms with van der Waals surface area (Å²) in [4.78, 5) is 28.0. The number of Topliss-reactive ketones (excluding diaryl/α,β-unsaturated/α-hetero) is 1. The SMILES string of the molecule is O=C1CC(c2ccccc2)c2c1nc1cc(F)c(-c3cnc(N4CCOCC4)nc3)cn21. The highest BCUT2D eigenvalue weighted by Crippen LogP contribution is 2.39. The minimum Gasteiger partial charge on any atom is -0.378 e. The van der Waals surface area contributed by atoms with Crippen LogP contribution in [0.15, 0.2) is 55.0 Å². The van der Waals surface area contributed by atoms with Crippen LogP contribution in [0.2, 0.25) is 0 Å². The molecule has 1 aromatic carbocycles. The lowest BCUT2D eigenvalue weighted by molar-refractivity contribution is 0.0987. The number of hydrogen-bond donors (Lipinski definition) is 0. The summed E-state index contributed by atoms with van der Waals surface area (Å²) < 4.78 is 22.2. The van der Waals surface area contributed by atoms with Crippen LogP contribution in [-0.4, -0.2) is 51.4 Å². The van der Waals surface area contributed by atoms with Crippen molar-refractivity contribution < 1.29 is 13.9 Å². The summed E-state index contributed by atoms with van der Waals surface area (Å²) in [5, 5.41) is 0. The van der Waals surface area contributed by atoms with E-state index in [-0.39, 0.29) is 11.7 Å². The number of benzene rings is 1. The third-order valence-corrected chi connectivity index (χ3v) is 6.18. The molecule has 4 heterocycles. The van der Waals surface area contributed by atoms with E-state index in [1.807, 2.05) is 39.6 Å². The Labute approximate surface area is 183 Å². The Kier molecular flexibility index (Phi) is 4.46. The molecule has 1 saturated heterocycles. The first-order valence-corrected chi connectivity index (χ1v) is 10.6. The minimum absolute atomic E-state index is 0.0160. The molecule has 7 nitrogen and oxygen atoms in total. The van der Waals surface area contributed by atoms with Gasteiger partial charge in [0.15, 0.2) is 5.78 Å². The van der Waals surface area contributed by atoms with Crippen molar-refractivity contribution in [1.29, 1.82) is 0 Å². The topological polar surface area (TPSA) is 72.6 Å². The summed E-state index contributed by atoms with van der Waals surface area (Å²) in [6, 6.07) is 11.3. The molecule has 1 atom stereocenters. The molecule has 0 radical (unpaired) electrons. The first kappa shape index (κ1) is 19.1. The number of hydrogen-bond acceptors (Lipinski definition) is 6. The van der Waals surface area contributed by atoms with Crippen LogP contribution >= 0.6 is 0 Å². The Hall–Kier alpha value is -3.65. The molecule has 0 spiro atoms. The number of ether oxygens (including phenoxy) is 1. The monoisotopic (exact) mass is 429 g/mol. The molecule has 8 heteroatoms. The fourth-order valence-corrected chi connectivity index (χ4v) is 4.56. The first-order chi connectivity index (χ1) is 15.7. The van der Waals surface area contributed by atoms with Crippen LogP contribution in [-0.2, 0) is 4.74 Å². The predicted molar refractivity (Wildman–Crippen MR) is 116 cm³/mol. The number of morpholine rings is 1. The molecular weight excluding hydrogens is 409 g/mol. The number of aromatic nitrogens is 4. The third-order valence-electron chi connectivity index (χ3n) is 6.18. The average molecular weight is 429 g/mol. The zero-order valence-corrected chi connectivity index (χ0v) is 17.2. The fraction of sp³-hybridized carbons (Fsp3) is 0.250. The molecule has 1 aliphatic carbocycles. The highest BCUT2D eigenvalue weighted by Gasteiger charge is 2.35. The van der Waals surface area contributed by atoms with Crippen molar-refractivity contribution in [1.82, 2.24) is 19.4 Å². The second kappa shape index (κ2) is 7.49. The highest BCUT2D eigenvalue weighted by atomic mass is 19.1. The van der Waals surface area contributed by atoms with E-state index in [0.29, 0.717) is 48.1 Å². The summed E-state index contributed by atoms with van der Waals surface area (Å²) in [5.74, 6) is 0.0640. The summed E-state index contributed by atoms with van der Waals surface area (Å²) in [6.45, 7) is 2.75. The van der Waals surface area contributed by atoms with Gasteiger partial charge in [0.1, 0.15) is 17.2 Å². The fourth-order valence-electron chi connectivity index (χ4n) is 4.56. The Balaban J connectivity index is 1.43. The standard InChI is InChI=1S/C24H20FN5O2/c25-19-11-21-28-22-20(31)10-17(15-4-2-1-3-5-15)23(22)30(21)14-18(19)16-12-26-24(27-13-16)29-6-8-32-9-7-29/h1-5,11-14,17H,6-10H2. The number of halogens is 1. The van der Waals surface area contributed by atoms with Gasteiger partial charge in [-0.2, -0.15) is 0 Å². The van der Waals surface area contributed by atoms with E-state index in [2.05, 4.69) is 15.0 Å². The van der Waals surface area contributed by atoms with Gasteiger partial charge in [-0.1, -0.05) is 30.3 Å². The van der Waals surface area contributed by atoms with Gasteiger partial charge < -0.3 is 14.0 Å². The van der Waals surface area contributed by atoms with Gasteiger partial charge in [-0.15, -0.1) is 0 Å². The molecule has 1 aliphatic heterocycles. The van der Waals surface area contributed by atoms with Crippen molar-refractivity contribution in [2.75, 3.05) is 31.2 Å². The minimum atomic E-state index is -0.424. The predicted octanol–water partition coefficient (Wildman–Crippen LogP) is 3.49. The van der Waals surface area contributed by atoms with Crippen LogP contribution in [0, 0.1) is 5.82 Å². The lowest BCUT2D eigenvalue weighted by atomic mass is 9.97. The smallest absolute Gasteiger partial charge is 0.225 e. The van der Waals surface area contributed by atoms with E-state index in [1.165, 1.54) is 6.07 Å². The number of pyridine rings is 1. The number of anilines is 1. The number of ketones is 1. The summed E-state index contributed by atoms with van der Waals surface area (Å²) in [5.41, 5.74) is 3.65. The second-order valence-electron chi connectivity index (χ2n) is 8.07. The quantitative estimate of drug-likeness (QED) is 0.497. The lowest BCUT2D eigenvalue weighted by Crippen LogP contribution is -2.37. The summed E-state index contributed by atoms with van der Waals surface area (Å²) in [6.07, 6.45) is 5.35. The zero-order valence-electron chi connectivity index (χ0n) is 17.2. The molecule has 6 rings (SSSR count).